The first-order chi connectivity index (χ1) is 27.7. The van der Waals surface area contributed by atoms with E-state index in [0.29, 0.717) is 5.82 Å². The number of fused-ring (bicyclic) bond motifs is 6. The lowest BCUT2D eigenvalue weighted by molar-refractivity contribution is 0.669. The van der Waals surface area contributed by atoms with Crippen molar-refractivity contribution in [3.63, 3.8) is 0 Å². The third-order valence-corrected chi connectivity index (χ3v) is 10.8. The van der Waals surface area contributed by atoms with Gasteiger partial charge in [-0.3, -0.25) is 0 Å². The van der Waals surface area contributed by atoms with Crippen molar-refractivity contribution in [2.45, 2.75) is 0 Å². The standard InChI is InChI=1S/C52H33N3O/c1-5-14-34(15-6-1)37-24-27-42-43-28-25-38(31-48(43)55(47(42)30-37)40-20-11-4-12-21-40)41-22-13-23-49-51(41)44-29-26-39(32-50(44)56-49)52-53-45(35-16-7-2-8-17-35)33-46(54-52)36-18-9-3-10-19-36/h1-33H. The van der Waals surface area contributed by atoms with E-state index in [1.165, 1.54) is 27.4 Å². The first-order valence-electron chi connectivity index (χ1n) is 18.9. The molecule has 0 aliphatic heterocycles. The van der Waals surface area contributed by atoms with E-state index in [2.05, 4.69) is 168 Å². The van der Waals surface area contributed by atoms with Gasteiger partial charge in [0.15, 0.2) is 5.82 Å². The van der Waals surface area contributed by atoms with E-state index >= 15 is 0 Å². The van der Waals surface area contributed by atoms with Crippen LogP contribution >= 0.6 is 0 Å². The first kappa shape index (κ1) is 31.9. The second-order valence-electron chi connectivity index (χ2n) is 14.2. The fourth-order valence-corrected chi connectivity index (χ4v) is 8.15. The van der Waals surface area contributed by atoms with Gasteiger partial charge in [0.25, 0.3) is 0 Å². The Bertz CT molecular complexity index is 3160. The third kappa shape index (κ3) is 5.39. The zero-order valence-electron chi connectivity index (χ0n) is 30.3. The zero-order valence-corrected chi connectivity index (χ0v) is 30.3. The van der Waals surface area contributed by atoms with Crippen molar-refractivity contribution < 1.29 is 4.42 Å². The number of rotatable bonds is 6. The number of hydrogen-bond donors (Lipinski definition) is 0. The van der Waals surface area contributed by atoms with Crippen LogP contribution < -0.4 is 0 Å². The molecular formula is C52H33N3O. The number of furan rings is 1. The molecular weight excluding hydrogens is 683 g/mol. The SMILES string of the molecule is c1ccc(-c2ccc3c4ccc(-c5cccc6oc7cc(-c8nc(-c9ccccc9)cc(-c9ccccc9)n8)ccc7c56)cc4n(-c4ccccc4)c3c2)cc1. The van der Waals surface area contributed by atoms with Crippen LogP contribution in [-0.2, 0) is 0 Å². The number of para-hydroxylation sites is 1. The molecule has 0 saturated carbocycles. The van der Waals surface area contributed by atoms with E-state index in [4.69, 9.17) is 14.4 Å². The Morgan fingerprint density at radius 2 is 0.893 bits per heavy atom. The highest BCUT2D eigenvalue weighted by molar-refractivity contribution is 6.15. The molecule has 0 atom stereocenters. The van der Waals surface area contributed by atoms with Gasteiger partial charge in [0.2, 0.25) is 0 Å². The molecule has 4 nitrogen and oxygen atoms in total. The maximum absolute atomic E-state index is 6.63. The van der Waals surface area contributed by atoms with Gasteiger partial charge in [-0.05, 0) is 70.8 Å². The van der Waals surface area contributed by atoms with E-state index in [-0.39, 0.29) is 0 Å². The summed E-state index contributed by atoms with van der Waals surface area (Å²) in [4.78, 5) is 10.1. The summed E-state index contributed by atoms with van der Waals surface area (Å²) in [5.41, 5.74) is 14.5. The van der Waals surface area contributed by atoms with Gasteiger partial charge in [0.1, 0.15) is 11.2 Å². The second-order valence-corrected chi connectivity index (χ2v) is 14.2. The Hall–Kier alpha value is -7.56. The molecule has 0 radical (unpaired) electrons. The van der Waals surface area contributed by atoms with E-state index < -0.39 is 0 Å². The van der Waals surface area contributed by atoms with Crippen LogP contribution in [0, 0.1) is 0 Å². The van der Waals surface area contributed by atoms with Crippen molar-refractivity contribution in [3.05, 3.63) is 200 Å². The number of benzene rings is 8. The second kappa shape index (κ2) is 13.1. The molecule has 3 heterocycles. The molecule has 0 aliphatic carbocycles. The molecule has 0 bridgehead atoms. The molecule has 0 fully saturated rings. The van der Waals surface area contributed by atoms with E-state index in [1.54, 1.807) is 0 Å². The Balaban J connectivity index is 1.07. The Morgan fingerprint density at radius 1 is 0.357 bits per heavy atom. The van der Waals surface area contributed by atoms with Gasteiger partial charge in [-0.1, -0.05) is 152 Å². The molecule has 0 saturated heterocycles. The first-order valence-corrected chi connectivity index (χ1v) is 18.9. The minimum atomic E-state index is 0.655. The van der Waals surface area contributed by atoms with Gasteiger partial charge in [-0.25, -0.2) is 9.97 Å². The Kier molecular flexibility index (Phi) is 7.46. The summed E-state index contributed by atoms with van der Waals surface area (Å²) in [6.45, 7) is 0. The maximum Gasteiger partial charge on any atom is 0.160 e. The van der Waals surface area contributed by atoms with Crippen molar-refractivity contribution in [2.24, 2.45) is 0 Å². The van der Waals surface area contributed by atoms with Gasteiger partial charge >= 0.3 is 0 Å². The summed E-state index contributed by atoms with van der Waals surface area (Å²) in [6, 6.07) is 70.3. The van der Waals surface area contributed by atoms with Crippen LogP contribution in [0.4, 0.5) is 0 Å². The number of hydrogen-bond acceptors (Lipinski definition) is 3. The highest BCUT2D eigenvalue weighted by atomic mass is 16.3. The summed E-state index contributed by atoms with van der Waals surface area (Å²) in [5.74, 6) is 0.655. The van der Waals surface area contributed by atoms with Crippen LogP contribution in [0.15, 0.2) is 205 Å². The highest BCUT2D eigenvalue weighted by Gasteiger charge is 2.19. The average molecular weight is 716 g/mol. The van der Waals surface area contributed by atoms with Gasteiger partial charge in [-0.2, -0.15) is 0 Å². The Morgan fingerprint density at radius 3 is 1.54 bits per heavy atom. The molecule has 56 heavy (non-hydrogen) atoms. The van der Waals surface area contributed by atoms with E-state index in [1.807, 2.05) is 36.4 Å². The normalized spacial score (nSPS) is 11.6. The van der Waals surface area contributed by atoms with Crippen LogP contribution in [0.1, 0.15) is 0 Å². The number of nitrogens with zero attached hydrogens (tertiary/aromatic N) is 3. The average Bonchev–Trinajstić information content (AvgIpc) is 3.82. The molecule has 0 spiro atoms. The molecule has 11 aromatic rings. The predicted octanol–water partition coefficient (Wildman–Crippen LogP) is 13.8. The lowest BCUT2D eigenvalue weighted by Gasteiger charge is -2.10. The molecule has 11 rings (SSSR count). The summed E-state index contributed by atoms with van der Waals surface area (Å²) in [7, 11) is 0. The fraction of sp³-hybridized carbons (Fsp3) is 0. The fourth-order valence-electron chi connectivity index (χ4n) is 8.15. The van der Waals surface area contributed by atoms with Crippen molar-refractivity contribution in [3.8, 4) is 61.8 Å². The van der Waals surface area contributed by atoms with Crippen LogP contribution in [-0.4, -0.2) is 14.5 Å². The molecule has 0 amide bonds. The van der Waals surface area contributed by atoms with Crippen LogP contribution in [0.5, 0.6) is 0 Å². The van der Waals surface area contributed by atoms with Crippen LogP contribution in [0.3, 0.4) is 0 Å². The minimum Gasteiger partial charge on any atom is -0.456 e. The number of aromatic nitrogens is 3. The van der Waals surface area contributed by atoms with Crippen molar-refractivity contribution in [2.75, 3.05) is 0 Å². The minimum absolute atomic E-state index is 0.655. The molecule has 4 heteroatoms. The van der Waals surface area contributed by atoms with E-state index in [9.17, 15) is 0 Å². The molecule has 0 unspecified atom stereocenters. The molecule has 0 N–H and O–H groups in total. The third-order valence-electron chi connectivity index (χ3n) is 10.8. The predicted molar refractivity (Wildman–Crippen MR) is 231 cm³/mol. The van der Waals surface area contributed by atoms with Crippen molar-refractivity contribution in [1.29, 1.82) is 0 Å². The van der Waals surface area contributed by atoms with Crippen LogP contribution in [0.25, 0.3) is 106 Å². The molecule has 262 valence electrons. The van der Waals surface area contributed by atoms with E-state index in [0.717, 1.165) is 72.3 Å². The monoisotopic (exact) mass is 715 g/mol. The summed E-state index contributed by atoms with van der Waals surface area (Å²) < 4.78 is 9.03. The summed E-state index contributed by atoms with van der Waals surface area (Å²) in [5, 5.41) is 4.58. The van der Waals surface area contributed by atoms with Gasteiger partial charge < -0.3 is 8.98 Å². The topological polar surface area (TPSA) is 43.9 Å². The lowest BCUT2D eigenvalue weighted by Crippen LogP contribution is -1.95. The molecule has 8 aromatic carbocycles. The smallest absolute Gasteiger partial charge is 0.160 e. The van der Waals surface area contributed by atoms with Crippen molar-refractivity contribution in [1.82, 2.24) is 14.5 Å². The van der Waals surface area contributed by atoms with Gasteiger partial charge in [0, 0.05) is 43.9 Å². The maximum atomic E-state index is 6.63. The molecule has 3 aromatic heterocycles. The highest BCUT2D eigenvalue weighted by Crippen LogP contribution is 2.41. The van der Waals surface area contributed by atoms with Gasteiger partial charge in [0.05, 0.1) is 22.4 Å². The Labute approximate surface area is 323 Å². The summed E-state index contributed by atoms with van der Waals surface area (Å²) >= 11 is 0. The van der Waals surface area contributed by atoms with Crippen molar-refractivity contribution >= 4 is 43.7 Å². The quantitative estimate of drug-likeness (QED) is 0.172. The molecule has 0 aliphatic rings. The zero-order chi connectivity index (χ0) is 37.0. The summed E-state index contributed by atoms with van der Waals surface area (Å²) in [6.07, 6.45) is 0. The lowest BCUT2D eigenvalue weighted by atomic mass is 9.97. The van der Waals surface area contributed by atoms with Crippen LogP contribution in [0.2, 0.25) is 0 Å². The largest absolute Gasteiger partial charge is 0.456 e. The van der Waals surface area contributed by atoms with Gasteiger partial charge in [-0.15, -0.1) is 0 Å².